The maximum absolute atomic E-state index is 11.0. The fourth-order valence-corrected chi connectivity index (χ4v) is 1.58. The van der Waals surface area contributed by atoms with E-state index in [2.05, 4.69) is 29.3 Å². The summed E-state index contributed by atoms with van der Waals surface area (Å²) >= 11 is 0. The monoisotopic (exact) mass is 342 g/mol. The fourth-order valence-electron chi connectivity index (χ4n) is 1.58. The van der Waals surface area contributed by atoms with Gasteiger partial charge in [-0.1, -0.05) is 60.7 Å². The number of hydrogen-bond acceptors (Lipinski definition) is 2. The van der Waals surface area contributed by atoms with E-state index in [1.165, 1.54) is 5.56 Å². The number of carboxylic acids is 1. The zero-order valence-corrected chi connectivity index (χ0v) is 15.0. The zero-order valence-electron chi connectivity index (χ0n) is 15.0. The Balaban J connectivity index is 0.000000391. The highest BCUT2D eigenvalue weighted by Gasteiger charge is 1.96. The predicted molar refractivity (Wildman–Crippen MR) is 104 cm³/mol. The van der Waals surface area contributed by atoms with Crippen molar-refractivity contribution in [3.05, 3.63) is 72.8 Å². The number of para-hydroxylation sites is 1. The lowest BCUT2D eigenvalue weighted by atomic mass is 10.1. The second-order valence-corrected chi connectivity index (χ2v) is 5.02. The summed E-state index contributed by atoms with van der Waals surface area (Å²) in [4.78, 5) is 20.0. The molecule has 134 valence electrons. The topological polar surface area (TPSA) is 78.4 Å². The third kappa shape index (κ3) is 13.1. The van der Waals surface area contributed by atoms with E-state index < -0.39 is 5.97 Å². The molecule has 0 fully saturated rings. The van der Waals surface area contributed by atoms with Gasteiger partial charge in [-0.15, -0.1) is 0 Å². The number of carbonyl (C=O) groups is 2. The van der Waals surface area contributed by atoms with Crippen LogP contribution >= 0.6 is 0 Å². The molecule has 0 aliphatic rings. The van der Waals surface area contributed by atoms with Crippen molar-refractivity contribution in [3.8, 4) is 0 Å². The Morgan fingerprint density at radius 3 is 1.76 bits per heavy atom. The summed E-state index contributed by atoms with van der Waals surface area (Å²) in [5.74, 6) is -0.833. The third-order valence-corrected chi connectivity index (χ3v) is 2.64. The van der Waals surface area contributed by atoms with Crippen molar-refractivity contribution in [3.63, 3.8) is 0 Å². The molecule has 0 unspecified atom stereocenters. The highest BCUT2D eigenvalue weighted by Crippen LogP contribution is 2.08. The molecule has 2 aromatic rings. The Kier molecular flexibility index (Phi) is 11.7. The van der Waals surface area contributed by atoms with Crippen LogP contribution in [0.25, 0.3) is 5.57 Å². The minimum atomic E-state index is -0.833. The van der Waals surface area contributed by atoms with Gasteiger partial charge in [0, 0.05) is 19.2 Å². The smallest absolute Gasteiger partial charge is 0.319 e. The van der Waals surface area contributed by atoms with Crippen LogP contribution in [0.1, 0.15) is 26.3 Å². The summed E-state index contributed by atoms with van der Waals surface area (Å²) in [5.41, 5.74) is 3.15. The first-order valence-electron chi connectivity index (χ1n) is 7.87. The molecule has 0 saturated carbocycles. The molecule has 0 heterocycles. The van der Waals surface area contributed by atoms with E-state index in [4.69, 9.17) is 9.90 Å². The Labute approximate surface area is 149 Å². The van der Waals surface area contributed by atoms with E-state index in [1.54, 1.807) is 0 Å². The number of urea groups is 1. The number of nitrogens with one attached hydrogen (secondary N) is 2. The second kappa shape index (κ2) is 13.4. The maximum atomic E-state index is 11.0. The van der Waals surface area contributed by atoms with Crippen molar-refractivity contribution in [2.24, 2.45) is 0 Å². The Morgan fingerprint density at radius 2 is 1.40 bits per heavy atom. The average Bonchev–Trinajstić information content (AvgIpc) is 2.57. The molecule has 2 aromatic carbocycles. The van der Waals surface area contributed by atoms with Crippen molar-refractivity contribution in [1.29, 1.82) is 0 Å². The molecule has 5 heteroatoms. The van der Waals surface area contributed by atoms with Gasteiger partial charge in [0.25, 0.3) is 5.97 Å². The normalized spacial score (nSPS) is 8.60. The van der Waals surface area contributed by atoms with Gasteiger partial charge in [-0.3, -0.25) is 4.79 Å². The predicted octanol–water partition coefficient (Wildman–Crippen LogP) is 4.64. The lowest BCUT2D eigenvalue weighted by molar-refractivity contribution is -0.134. The lowest BCUT2D eigenvalue weighted by Gasteiger charge is -2.04. The fraction of sp³-hybridized carbons (Fsp3) is 0.200. The number of allylic oxidation sites excluding steroid dienone is 1. The van der Waals surface area contributed by atoms with Crippen molar-refractivity contribution in [2.45, 2.75) is 20.8 Å². The van der Waals surface area contributed by atoms with Crippen LogP contribution in [-0.2, 0) is 4.79 Å². The molecule has 0 bridgehead atoms. The lowest BCUT2D eigenvalue weighted by Crippen LogP contribution is -2.28. The highest BCUT2D eigenvalue weighted by molar-refractivity contribution is 5.89. The molecule has 0 aliphatic heterocycles. The first kappa shape index (κ1) is 21.9. The summed E-state index contributed by atoms with van der Waals surface area (Å²) < 4.78 is 0. The number of anilines is 1. The number of rotatable bonds is 3. The van der Waals surface area contributed by atoms with Crippen LogP contribution in [0.2, 0.25) is 0 Å². The number of aliphatic carboxylic acids is 1. The number of carboxylic acid groups (broad SMARTS) is 1. The first-order chi connectivity index (χ1) is 11.9. The van der Waals surface area contributed by atoms with E-state index in [9.17, 15) is 4.79 Å². The molecule has 0 aromatic heterocycles. The molecule has 2 rings (SSSR count). The molecule has 2 amide bonds. The van der Waals surface area contributed by atoms with E-state index >= 15 is 0 Å². The van der Waals surface area contributed by atoms with Gasteiger partial charge in [0.05, 0.1) is 0 Å². The molecule has 5 nitrogen and oxygen atoms in total. The summed E-state index contributed by atoms with van der Waals surface area (Å²) in [6, 6.07) is 19.3. The molecule has 0 atom stereocenters. The minimum Gasteiger partial charge on any atom is -0.481 e. The van der Waals surface area contributed by atoms with Crippen LogP contribution < -0.4 is 10.6 Å². The van der Waals surface area contributed by atoms with Gasteiger partial charge in [-0.05, 0) is 31.5 Å². The number of hydrogen-bond donors (Lipinski definition) is 3. The van der Waals surface area contributed by atoms with Gasteiger partial charge >= 0.3 is 6.03 Å². The molecule has 25 heavy (non-hydrogen) atoms. The van der Waals surface area contributed by atoms with Gasteiger partial charge in [0.1, 0.15) is 0 Å². The molecule has 0 aliphatic carbocycles. The van der Waals surface area contributed by atoms with Crippen molar-refractivity contribution in [2.75, 3.05) is 11.9 Å². The Morgan fingerprint density at radius 1 is 0.960 bits per heavy atom. The number of benzene rings is 2. The van der Waals surface area contributed by atoms with E-state index in [0.29, 0.717) is 6.54 Å². The highest BCUT2D eigenvalue weighted by atomic mass is 16.4. The molecular formula is C20H26N2O3. The van der Waals surface area contributed by atoms with Crippen LogP contribution in [0.5, 0.6) is 0 Å². The SMILES string of the molecule is C=C(C)c1ccccc1.CC(=O)O.CCNC(=O)Nc1ccccc1. The Bertz CT molecular complexity index is 637. The summed E-state index contributed by atoms with van der Waals surface area (Å²) in [5, 5.41) is 12.8. The molecule has 3 N–H and O–H groups in total. The van der Waals surface area contributed by atoms with Crippen LogP contribution in [0.3, 0.4) is 0 Å². The molecular weight excluding hydrogens is 316 g/mol. The summed E-state index contributed by atoms with van der Waals surface area (Å²) in [7, 11) is 0. The zero-order chi connectivity index (χ0) is 19.1. The van der Waals surface area contributed by atoms with Gasteiger partial charge in [-0.2, -0.15) is 0 Å². The first-order valence-corrected chi connectivity index (χ1v) is 7.87. The van der Waals surface area contributed by atoms with E-state index in [0.717, 1.165) is 18.2 Å². The minimum absolute atomic E-state index is 0.163. The van der Waals surface area contributed by atoms with E-state index in [-0.39, 0.29) is 6.03 Å². The molecule has 0 radical (unpaired) electrons. The number of carbonyl (C=O) groups excluding carboxylic acids is 1. The van der Waals surface area contributed by atoms with Crippen LogP contribution in [0.15, 0.2) is 67.2 Å². The summed E-state index contributed by atoms with van der Waals surface area (Å²) in [6.45, 7) is 9.44. The quantitative estimate of drug-likeness (QED) is 0.760. The largest absolute Gasteiger partial charge is 0.481 e. The van der Waals surface area contributed by atoms with Gasteiger partial charge < -0.3 is 15.7 Å². The molecule has 0 saturated heterocycles. The van der Waals surface area contributed by atoms with Crippen LogP contribution in [0, 0.1) is 0 Å². The third-order valence-electron chi connectivity index (χ3n) is 2.64. The average molecular weight is 342 g/mol. The van der Waals surface area contributed by atoms with Crippen LogP contribution in [-0.4, -0.2) is 23.7 Å². The van der Waals surface area contributed by atoms with Crippen molar-refractivity contribution < 1.29 is 14.7 Å². The Hall–Kier alpha value is -3.08. The maximum Gasteiger partial charge on any atom is 0.319 e. The molecule has 0 spiro atoms. The summed E-state index contributed by atoms with van der Waals surface area (Å²) in [6.07, 6.45) is 0. The van der Waals surface area contributed by atoms with Crippen molar-refractivity contribution in [1.82, 2.24) is 5.32 Å². The second-order valence-electron chi connectivity index (χ2n) is 5.02. The van der Waals surface area contributed by atoms with Gasteiger partial charge in [0.15, 0.2) is 0 Å². The van der Waals surface area contributed by atoms with Gasteiger partial charge in [-0.25, -0.2) is 4.79 Å². The van der Waals surface area contributed by atoms with Gasteiger partial charge in [0.2, 0.25) is 0 Å². The number of amides is 2. The van der Waals surface area contributed by atoms with Crippen molar-refractivity contribution >= 4 is 23.3 Å². The van der Waals surface area contributed by atoms with Crippen LogP contribution in [0.4, 0.5) is 10.5 Å². The van der Waals surface area contributed by atoms with E-state index in [1.807, 2.05) is 62.4 Å². The standard InChI is InChI=1S/C9H12N2O.C9H10.C2H4O2/c1-2-10-9(12)11-8-6-4-3-5-7-8;1-8(2)9-6-4-3-5-7-9;1-2(3)4/h3-7H,2H2,1H3,(H2,10,11,12);3-7H,1H2,2H3;1H3,(H,3,4).